The van der Waals surface area contributed by atoms with E-state index in [1.165, 1.54) is 0 Å². The molecule has 4 rings (SSSR count). The highest BCUT2D eigenvalue weighted by Crippen LogP contribution is 2.45. The Kier molecular flexibility index (Phi) is 5.26. The van der Waals surface area contributed by atoms with Crippen LogP contribution in [0.1, 0.15) is 0 Å². The van der Waals surface area contributed by atoms with Gasteiger partial charge in [-0.15, -0.1) is 0 Å². The van der Waals surface area contributed by atoms with Crippen molar-refractivity contribution in [3.05, 3.63) is 70.7 Å². The van der Waals surface area contributed by atoms with Crippen molar-refractivity contribution in [2.24, 2.45) is 5.14 Å². The third-order valence-electron chi connectivity index (χ3n) is 4.54. The van der Waals surface area contributed by atoms with Gasteiger partial charge >= 0.3 is 0 Å². The third-order valence-corrected chi connectivity index (χ3v) is 6.96. The molecule has 0 aliphatic heterocycles. The van der Waals surface area contributed by atoms with Crippen molar-refractivity contribution in [2.45, 2.75) is 9.79 Å². The minimum atomic E-state index is -2.39. The van der Waals surface area contributed by atoms with Gasteiger partial charge < -0.3 is 4.55 Å². The molecule has 0 fully saturated rings. The topological polar surface area (TPSA) is 80.4 Å². The zero-order chi connectivity index (χ0) is 20.0. The number of halogens is 2. The Hall–Kier alpha value is -1.80. The van der Waals surface area contributed by atoms with E-state index in [1.807, 2.05) is 48.5 Å². The average molecular weight is 450 g/mol. The normalized spacial score (nSPS) is 13.7. The Balaban J connectivity index is 2.34. The van der Waals surface area contributed by atoms with E-state index in [4.69, 9.17) is 28.3 Å². The van der Waals surface area contributed by atoms with Crippen LogP contribution < -0.4 is 5.14 Å². The number of rotatable bonds is 3. The summed E-state index contributed by atoms with van der Waals surface area (Å²) in [6.07, 6.45) is 0. The minimum absolute atomic E-state index is 0.0273. The molecule has 0 saturated carbocycles. The summed E-state index contributed by atoms with van der Waals surface area (Å²) in [5, 5.41) is 9.07. The molecule has 0 amide bonds. The summed E-state index contributed by atoms with van der Waals surface area (Å²) >= 11 is 10.4. The first kappa shape index (κ1) is 19.5. The molecule has 0 heterocycles. The molecule has 0 spiro atoms. The predicted molar refractivity (Wildman–Crippen MR) is 117 cm³/mol. The summed E-state index contributed by atoms with van der Waals surface area (Å²) in [7, 11) is -1.94. The highest BCUT2D eigenvalue weighted by molar-refractivity contribution is 7.83. The smallest absolute Gasteiger partial charge is 0.188 e. The molecular formula is C20H13Cl2NO3S2. The quantitative estimate of drug-likeness (QED) is 0.403. The summed E-state index contributed by atoms with van der Waals surface area (Å²) in [4.78, 5) is 0.221. The average Bonchev–Trinajstić information content (AvgIpc) is 2.65. The largest absolute Gasteiger partial charge is 0.302 e. The van der Waals surface area contributed by atoms with Gasteiger partial charge in [-0.3, -0.25) is 0 Å². The van der Waals surface area contributed by atoms with Gasteiger partial charge in [-0.2, -0.15) is 0 Å². The van der Waals surface area contributed by atoms with Crippen LogP contribution in [0.5, 0.6) is 0 Å². The lowest BCUT2D eigenvalue weighted by atomic mass is 9.93. The van der Waals surface area contributed by atoms with Crippen molar-refractivity contribution in [1.82, 2.24) is 0 Å². The summed E-state index contributed by atoms with van der Waals surface area (Å²) in [6.45, 7) is 0. The Bertz CT molecular complexity index is 1210. The molecule has 0 aliphatic carbocycles. The maximum atomic E-state index is 12.4. The fourth-order valence-corrected chi connectivity index (χ4v) is 5.58. The molecule has 3 N–H and O–H groups in total. The van der Waals surface area contributed by atoms with E-state index in [1.54, 1.807) is 12.1 Å². The van der Waals surface area contributed by atoms with E-state index in [-0.39, 0.29) is 19.8 Å². The predicted octanol–water partition coefficient (Wildman–Crippen LogP) is 5.53. The van der Waals surface area contributed by atoms with E-state index in [2.05, 4.69) is 0 Å². The number of hydrogen-bond donors (Lipinski definition) is 2. The van der Waals surface area contributed by atoms with Gasteiger partial charge in [-0.05, 0) is 33.7 Å². The molecule has 142 valence electrons. The van der Waals surface area contributed by atoms with Crippen LogP contribution in [0.2, 0.25) is 10.0 Å². The Morgan fingerprint density at radius 2 is 1.18 bits per heavy atom. The van der Waals surface area contributed by atoms with E-state index in [0.717, 1.165) is 10.8 Å². The van der Waals surface area contributed by atoms with Crippen LogP contribution >= 0.6 is 23.2 Å². The minimum Gasteiger partial charge on any atom is -0.302 e. The van der Waals surface area contributed by atoms with Gasteiger partial charge in [0.15, 0.2) is 11.1 Å². The zero-order valence-electron chi connectivity index (χ0n) is 14.2. The van der Waals surface area contributed by atoms with Crippen molar-refractivity contribution in [3.8, 4) is 11.1 Å². The number of nitrogens with two attached hydrogens (primary N) is 1. The second-order valence-corrected chi connectivity index (χ2v) is 8.84. The number of fused-ring (bicyclic) bond motifs is 2. The Morgan fingerprint density at radius 3 is 1.64 bits per heavy atom. The zero-order valence-corrected chi connectivity index (χ0v) is 17.3. The second-order valence-electron chi connectivity index (χ2n) is 6.11. The van der Waals surface area contributed by atoms with Crippen molar-refractivity contribution in [3.63, 3.8) is 0 Å². The van der Waals surface area contributed by atoms with E-state index < -0.39 is 22.1 Å². The lowest BCUT2D eigenvalue weighted by Crippen LogP contribution is -2.07. The van der Waals surface area contributed by atoms with Crippen LogP contribution in [0, 0.1) is 0 Å². The van der Waals surface area contributed by atoms with Crippen LogP contribution in [-0.4, -0.2) is 13.0 Å². The summed E-state index contributed by atoms with van der Waals surface area (Å²) in [5.41, 5.74) is 0.844. The van der Waals surface area contributed by atoms with Gasteiger partial charge in [-0.1, -0.05) is 71.7 Å². The summed E-state index contributed by atoms with van der Waals surface area (Å²) < 4.78 is 34.7. The van der Waals surface area contributed by atoms with Crippen molar-refractivity contribution >= 4 is 66.8 Å². The van der Waals surface area contributed by atoms with Crippen LogP contribution in [0.15, 0.2) is 70.5 Å². The summed E-state index contributed by atoms with van der Waals surface area (Å²) in [6, 6.07) is 18.0. The van der Waals surface area contributed by atoms with Gasteiger partial charge in [0.2, 0.25) is 0 Å². The van der Waals surface area contributed by atoms with Gasteiger partial charge in [0.25, 0.3) is 0 Å². The van der Waals surface area contributed by atoms with Gasteiger partial charge in [-0.25, -0.2) is 13.6 Å². The van der Waals surface area contributed by atoms with Gasteiger partial charge in [0, 0.05) is 11.1 Å². The van der Waals surface area contributed by atoms with Crippen molar-refractivity contribution in [2.75, 3.05) is 0 Å². The first-order chi connectivity index (χ1) is 13.4. The number of benzene rings is 4. The molecule has 4 nitrogen and oxygen atoms in total. The van der Waals surface area contributed by atoms with Crippen LogP contribution in [-0.2, 0) is 22.1 Å². The van der Waals surface area contributed by atoms with Crippen molar-refractivity contribution in [1.29, 1.82) is 0 Å². The SMILES string of the molecule is NS(=O)c1c(Cl)cc2ccccc2c1-c1c(S(=O)O)c(Cl)cc2ccccc12. The Labute approximate surface area is 176 Å². The first-order valence-electron chi connectivity index (χ1n) is 8.10. The number of hydrogen-bond acceptors (Lipinski definition) is 2. The molecule has 4 aromatic rings. The molecule has 2 atom stereocenters. The van der Waals surface area contributed by atoms with Crippen LogP contribution in [0.25, 0.3) is 32.7 Å². The molecular weight excluding hydrogens is 437 g/mol. The van der Waals surface area contributed by atoms with Gasteiger partial charge in [0.05, 0.1) is 19.8 Å². The van der Waals surface area contributed by atoms with E-state index >= 15 is 0 Å². The summed E-state index contributed by atoms with van der Waals surface area (Å²) in [5.74, 6) is 0. The molecule has 2 unspecified atom stereocenters. The highest BCUT2D eigenvalue weighted by atomic mass is 35.5. The maximum Gasteiger partial charge on any atom is 0.188 e. The Morgan fingerprint density at radius 1 is 0.750 bits per heavy atom. The fourth-order valence-electron chi connectivity index (χ4n) is 3.45. The molecule has 0 saturated heterocycles. The molecule has 8 heteroatoms. The lowest BCUT2D eigenvalue weighted by Gasteiger charge is -2.18. The standard InChI is InChI=1S/C20H13Cl2NO3S2/c21-15-9-11-5-1-3-7-13(11)17(19(15)27(23)24)18-14-8-4-2-6-12(14)10-16(22)20(18)28(25)26/h1-10H,23H2,(H,25,26). The second kappa shape index (κ2) is 7.55. The van der Waals surface area contributed by atoms with Gasteiger partial charge in [0.1, 0.15) is 11.0 Å². The van der Waals surface area contributed by atoms with E-state index in [9.17, 15) is 13.0 Å². The molecule has 0 aliphatic rings. The van der Waals surface area contributed by atoms with Crippen LogP contribution in [0.4, 0.5) is 0 Å². The third kappa shape index (κ3) is 3.16. The fraction of sp³-hybridized carbons (Fsp3) is 0. The van der Waals surface area contributed by atoms with Crippen LogP contribution in [0.3, 0.4) is 0 Å². The highest BCUT2D eigenvalue weighted by Gasteiger charge is 2.25. The monoisotopic (exact) mass is 449 g/mol. The molecule has 28 heavy (non-hydrogen) atoms. The molecule has 0 bridgehead atoms. The maximum absolute atomic E-state index is 12.4. The lowest BCUT2D eigenvalue weighted by molar-refractivity contribution is 0.565. The van der Waals surface area contributed by atoms with E-state index in [0.29, 0.717) is 21.9 Å². The molecule has 4 aromatic carbocycles. The molecule has 0 aromatic heterocycles. The molecule has 0 radical (unpaired) electrons. The van der Waals surface area contributed by atoms with Crippen molar-refractivity contribution < 1.29 is 13.0 Å². The first-order valence-corrected chi connectivity index (χ1v) is 11.2.